The largest absolute Gasteiger partial charge is 0.396 e. The van der Waals surface area contributed by atoms with Gasteiger partial charge in [-0.05, 0) is 25.2 Å². The molecule has 5 heteroatoms. The van der Waals surface area contributed by atoms with Crippen molar-refractivity contribution >= 4 is 11.6 Å². The van der Waals surface area contributed by atoms with Crippen LogP contribution in [0.15, 0.2) is 6.07 Å². The lowest BCUT2D eigenvalue weighted by molar-refractivity contribution is 0.258. The summed E-state index contributed by atoms with van der Waals surface area (Å²) >= 11 is 0. The maximum absolute atomic E-state index is 9.06. The van der Waals surface area contributed by atoms with Crippen LogP contribution in [0, 0.1) is 5.92 Å². The van der Waals surface area contributed by atoms with Crippen molar-refractivity contribution in [3.05, 3.63) is 11.9 Å². The van der Waals surface area contributed by atoms with Gasteiger partial charge in [0.15, 0.2) is 0 Å². The molecule has 1 aromatic rings. The number of anilines is 2. The molecule has 0 aliphatic rings. The molecule has 1 unspecified atom stereocenters. The van der Waals surface area contributed by atoms with Crippen molar-refractivity contribution in [1.82, 2.24) is 9.97 Å². The lowest BCUT2D eigenvalue weighted by Crippen LogP contribution is -2.16. The molecule has 1 atom stereocenters. The van der Waals surface area contributed by atoms with Crippen LogP contribution in [0.4, 0.5) is 11.6 Å². The van der Waals surface area contributed by atoms with E-state index < -0.39 is 0 Å². The fraction of sp³-hybridized carbons (Fsp3) is 0.750. The zero-order valence-corrected chi connectivity index (χ0v) is 13.7. The van der Waals surface area contributed by atoms with E-state index in [1.54, 1.807) is 0 Å². The van der Waals surface area contributed by atoms with Gasteiger partial charge in [0.25, 0.3) is 0 Å². The molecule has 0 amide bonds. The Bertz CT molecular complexity index is 398. The quantitative estimate of drug-likeness (QED) is 0.585. The molecule has 1 heterocycles. The van der Waals surface area contributed by atoms with E-state index in [1.807, 2.05) is 6.07 Å². The van der Waals surface area contributed by atoms with Crippen LogP contribution < -0.4 is 10.6 Å². The Morgan fingerprint density at radius 3 is 2.38 bits per heavy atom. The van der Waals surface area contributed by atoms with Crippen molar-refractivity contribution < 1.29 is 5.11 Å². The monoisotopic (exact) mass is 294 g/mol. The lowest BCUT2D eigenvalue weighted by Gasteiger charge is -2.16. The van der Waals surface area contributed by atoms with Crippen LogP contribution in [0.5, 0.6) is 0 Å². The number of aliphatic hydroxyl groups excluding tert-OH is 1. The third-order valence-corrected chi connectivity index (χ3v) is 3.49. The molecule has 0 aliphatic carbocycles. The Labute approximate surface area is 128 Å². The summed E-state index contributed by atoms with van der Waals surface area (Å²) in [5.74, 6) is 3.14. The van der Waals surface area contributed by atoms with Crippen LogP contribution in [-0.4, -0.2) is 34.8 Å². The minimum atomic E-state index is 0.244. The molecular weight excluding hydrogens is 264 g/mol. The van der Waals surface area contributed by atoms with E-state index in [2.05, 4.69) is 41.4 Å². The number of aryl methyl sites for hydroxylation is 1. The zero-order valence-electron chi connectivity index (χ0n) is 13.7. The molecule has 0 spiro atoms. The van der Waals surface area contributed by atoms with Gasteiger partial charge in [0.1, 0.15) is 17.5 Å². The normalized spacial score (nSPS) is 12.2. The molecule has 1 rings (SSSR count). The molecule has 0 radical (unpaired) electrons. The Kier molecular flexibility index (Phi) is 8.74. The zero-order chi connectivity index (χ0) is 15.5. The van der Waals surface area contributed by atoms with Gasteiger partial charge in [-0.1, -0.05) is 27.2 Å². The maximum Gasteiger partial charge on any atom is 0.133 e. The van der Waals surface area contributed by atoms with Crippen molar-refractivity contribution in [1.29, 1.82) is 0 Å². The standard InChI is InChI=1S/C16H30N4O/c1-4-7-14-19-15(17-9-5-2)11-16(20-14)18-12-13(6-3)8-10-21/h11,13,21H,4-10,12H2,1-3H3,(H2,17,18,19,20). The van der Waals surface area contributed by atoms with Crippen molar-refractivity contribution in [3.63, 3.8) is 0 Å². The Hall–Kier alpha value is -1.36. The number of nitrogens with zero attached hydrogens (tertiary/aromatic N) is 2. The Morgan fingerprint density at radius 1 is 1.10 bits per heavy atom. The second-order valence-corrected chi connectivity index (χ2v) is 5.40. The fourth-order valence-corrected chi connectivity index (χ4v) is 2.15. The van der Waals surface area contributed by atoms with Crippen molar-refractivity contribution in [2.75, 3.05) is 30.3 Å². The van der Waals surface area contributed by atoms with Crippen LogP contribution in [0.1, 0.15) is 52.3 Å². The molecule has 21 heavy (non-hydrogen) atoms. The number of nitrogens with one attached hydrogen (secondary N) is 2. The summed E-state index contributed by atoms with van der Waals surface area (Å²) in [6.45, 7) is 8.43. The number of aliphatic hydroxyl groups is 1. The van der Waals surface area contributed by atoms with E-state index in [0.29, 0.717) is 5.92 Å². The summed E-state index contributed by atoms with van der Waals surface area (Å²) in [7, 11) is 0. The molecule has 1 aromatic heterocycles. The number of hydrogen-bond acceptors (Lipinski definition) is 5. The van der Waals surface area contributed by atoms with Crippen molar-refractivity contribution in [2.45, 2.75) is 52.9 Å². The van der Waals surface area contributed by atoms with Crippen LogP contribution in [0.2, 0.25) is 0 Å². The molecule has 0 saturated carbocycles. The molecule has 5 nitrogen and oxygen atoms in total. The van der Waals surface area contributed by atoms with Crippen molar-refractivity contribution in [2.24, 2.45) is 5.92 Å². The molecule has 0 bridgehead atoms. The maximum atomic E-state index is 9.06. The van der Waals surface area contributed by atoms with E-state index in [-0.39, 0.29) is 6.61 Å². The second-order valence-electron chi connectivity index (χ2n) is 5.40. The second kappa shape index (κ2) is 10.4. The average Bonchev–Trinajstić information content (AvgIpc) is 2.49. The van der Waals surface area contributed by atoms with Gasteiger partial charge in [-0.2, -0.15) is 0 Å². The first kappa shape index (κ1) is 17.7. The molecule has 120 valence electrons. The van der Waals surface area contributed by atoms with Crippen molar-refractivity contribution in [3.8, 4) is 0 Å². The predicted octanol–water partition coefficient (Wildman–Crippen LogP) is 3.07. The van der Waals surface area contributed by atoms with E-state index in [1.165, 1.54) is 0 Å². The first-order valence-corrected chi connectivity index (χ1v) is 8.19. The minimum absolute atomic E-state index is 0.244. The summed E-state index contributed by atoms with van der Waals surface area (Å²) in [4.78, 5) is 9.11. The molecule has 0 saturated heterocycles. The van der Waals surface area contributed by atoms with E-state index >= 15 is 0 Å². The van der Waals surface area contributed by atoms with E-state index in [4.69, 9.17) is 5.11 Å². The van der Waals surface area contributed by atoms with Gasteiger partial charge in [0.05, 0.1) is 0 Å². The molecule has 0 fully saturated rings. The van der Waals surface area contributed by atoms with Gasteiger partial charge in [-0.25, -0.2) is 9.97 Å². The van der Waals surface area contributed by atoms with Gasteiger partial charge in [-0.3, -0.25) is 0 Å². The first-order chi connectivity index (χ1) is 10.2. The molecule has 3 N–H and O–H groups in total. The SMILES string of the molecule is CCCNc1cc(NCC(CC)CCO)nc(CCC)n1. The van der Waals surface area contributed by atoms with Gasteiger partial charge >= 0.3 is 0 Å². The number of rotatable bonds is 11. The third kappa shape index (κ3) is 6.76. The smallest absolute Gasteiger partial charge is 0.133 e. The summed E-state index contributed by atoms with van der Waals surface area (Å²) in [5.41, 5.74) is 0. The van der Waals surface area contributed by atoms with Gasteiger partial charge in [0.2, 0.25) is 0 Å². The van der Waals surface area contributed by atoms with Crippen LogP contribution in [0.3, 0.4) is 0 Å². The molecule has 0 aromatic carbocycles. The summed E-state index contributed by atoms with van der Waals surface area (Å²) in [6.07, 6.45) is 4.89. The summed E-state index contributed by atoms with van der Waals surface area (Å²) in [5, 5.41) is 15.8. The van der Waals surface area contributed by atoms with Gasteiger partial charge in [-0.15, -0.1) is 0 Å². The highest BCUT2D eigenvalue weighted by molar-refractivity contribution is 5.47. The van der Waals surface area contributed by atoms with Crippen LogP contribution >= 0.6 is 0 Å². The van der Waals surface area contributed by atoms with Gasteiger partial charge < -0.3 is 15.7 Å². The molecule has 0 aliphatic heterocycles. The average molecular weight is 294 g/mol. The third-order valence-electron chi connectivity index (χ3n) is 3.49. The highest BCUT2D eigenvalue weighted by Crippen LogP contribution is 2.15. The topological polar surface area (TPSA) is 70.1 Å². The van der Waals surface area contributed by atoms with Crippen LogP contribution in [0.25, 0.3) is 0 Å². The summed E-state index contributed by atoms with van der Waals surface area (Å²) < 4.78 is 0. The molecular formula is C16H30N4O. The van der Waals surface area contributed by atoms with Gasteiger partial charge in [0, 0.05) is 32.2 Å². The summed E-state index contributed by atoms with van der Waals surface area (Å²) in [6, 6.07) is 1.97. The number of hydrogen-bond donors (Lipinski definition) is 3. The highest BCUT2D eigenvalue weighted by Gasteiger charge is 2.08. The predicted molar refractivity (Wildman–Crippen MR) is 88.8 cm³/mol. The van der Waals surface area contributed by atoms with E-state index in [9.17, 15) is 0 Å². The Morgan fingerprint density at radius 2 is 1.81 bits per heavy atom. The number of aromatic nitrogens is 2. The highest BCUT2D eigenvalue weighted by atomic mass is 16.3. The Balaban J connectivity index is 2.71. The van der Waals surface area contributed by atoms with Crippen LogP contribution in [-0.2, 0) is 6.42 Å². The minimum Gasteiger partial charge on any atom is -0.396 e. The fourth-order valence-electron chi connectivity index (χ4n) is 2.15. The lowest BCUT2D eigenvalue weighted by atomic mass is 10.0. The first-order valence-electron chi connectivity index (χ1n) is 8.19. The van der Waals surface area contributed by atoms with E-state index in [0.717, 1.165) is 62.7 Å².